The highest BCUT2D eigenvalue weighted by molar-refractivity contribution is 6.19. The van der Waals surface area contributed by atoms with Gasteiger partial charge in [0.1, 0.15) is 0 Å². The van der Waals surface area contributed by atoms with Crippen molar-refractivity contribution >= 4 is 43.4 Å². The summed E-state index contributed by atoms with van der Waals surface area (Å²) in [5, 5.41) is 7.24. The van der Waals surface area contributed by atoms with Gasteiger partial charge in [0, 0.05) is 33.2 Å². The van der Waals surface area contributed by atoms with Crippen molar-refractivity contribution in [2.24, 2.45) is 0 Å². The normalized spacial score (nSPS) is 11.9. The molecule has 2 aromatic heterocycles. The number of aromatic nitrogens is 4. The minimum atomic E-state index is 0.658. The molecule has 4 heteroatoms. The van der Waals surface area contributed by atoms with Crippen molar-refractivity contribution in [1.29, 1.82) is 0 Å². The summed E-state index contributed by atoms with van der Waals surface area (Å²) in [6.07, 6.45) is 0. The lowest BCUT2D eigenvalue weighted by molar-refractivity contribution is 1.08. The topological polar surface area (TPSA) is 43.6 Å². The Balaban J connectivity index is 1.10. The molecule has 0 atom stereocenters. The monoisotopic (exact) mass is 648 g/mol. The maximum Gasteiger partial charge on any atom is 0.164 e. The van der Waals surface area contributed by atoms with Gasteiger partial charge in [-0.05, 0) is 80.2 Å². The Labute approximate surface area is 294 Å². The molecule has 51 heavy (non-hydrogen) atoms. The first-order valence-corrected chi connectivity index (χ1v) is 17.3. The first kappa shape index (κ1) is 28.0. The lowest BCUT2D eigenvalue weighted by Crippen LogP contribution is -2.00. The van der Waals surface area contributed by atoms with E-state index in [4.69, 9.17) is 15.0 Å². The van der Waals surface area contributed by atoms with E-state index in [9.17, 15) is 0 Å². The molecule has 1 aliphatic rings. The molecule has 0 saturated heterocycles. The smallest absolute Gasteiger partial charge is 0.164 e. The van der Waals surface area contributed by atoms with Crippen molar-refractivity contribution in [3.05, 3.63) is 170 Å². The molecule has 236 valence electrons. The molecule has 8 aromatic carbocycles. The molecule has 10 aromatic rings. The highest BCUT2D eigenvalue weighted by atomic mass is 15.0. The third kappa shape index (κ3) is 4.23. The largest absolute Gasteiger partial charge is 0.309 e. The Bertz CT molecular complexity index is 2980. The molecule has 0 unspecified atom stereocenters. The first-order valence-electron chi connectivity index (χ1n) is 17.3. The summed E-state index contributed by atoms with van der Waals surface area (Å²) >= 11 is 0. The highest BCUT2D eigenvalue weighted by Crippen LogP contribution is 2.50. The maximum absolute atomic E-state index is 5.17. The van der Waals surface area contributed by atoms with Crippen LogP contribution in [0.1, 0.15) is 0 Å². The molecule has 1 aliphatic carbocycles. The number of hydrogen-bond acceptors (Lipinski definition) is 3. The van der Waals surface area contributed by atoms with Crippen molar-refractivity contribution in [1.82, 2.24) is 19.5 Å². The summed E-state index contributed by atoms with van der Waals surface area (Å²) in [7, 11) is 0. The van der Waals surface area contributed by atoms with Crippen LogP contribution < -0.4 is 0 Å². The fourth-order valence-electron chi connectivity index (χ4n) is 8.05. The molecular formula is C47H28N4. The predicted molar refractivity (Wildman–Crippen MR) is 210 cm³/mol. The molecule has 0 aliphatic heterocycles. The van der Waals surface area contributed by atoms with Gasteiger partial charge in [-0.2, -0.15) is 0 Å². The van der Waals surface area contributed by atoms with E-state index in [0.717, 1.165) is 33.2 Å². The fourth-order valence-corrected chi connectivity index (χ4v) is 8.05. The van der Waals surface area contributed by atoms with Crippen LogP contribution in [-0.2, 0) is 0 Å². The van der Waals surface area contributed by atoms with Gasteiger partial charge >= 0.3 is 0 Å². The first-order chi connectivity index (χ1) is 25.3. The minimum Gasteiger partial charge on any atom is -0.309 e. The lowest BCUT2D eigenvalue weighted by Gasteiger charge is -2.12. The van der Waals surface area contributed by atoms with Crippen LogP contribution >= 0.6 is 0 Å². The predicted octanol–water partition coefficient (Wildman–Crippen LogP) is 11.9. The number of hydrogen-bond donors (Lipinski definition) is 0. The SMILES string of the molecule is c1ccc(-c2nc(-c3ccc4ccccc4c3)nc(-c3ccc4c5c(cccc35)-c3cc(-n5c6ccccc6c6ccccc65)ccc3-4)n2)cc1. The maximum atomic E-state index is 5.17. The lowest BCUT2D eigenvalue weighted by atomic mass is 9.98. The highest BCUT2D eigenvalue weighted by Gasteiger charge is 2.25. The zero-order valence-electron chi connectivity index (χ0n) is 27.5. The molecule has 2 heterocycles. The number of fused-ring (bicyclic) bond motifs is 7. The van der Waals surface area contributed by atoms with E-state index in [2.05, 4.69) is 156 Å². The van der Waals surface area contributed by atoms with Crippen LogP contribution in [0.2, 0.25) is 0 Å². The second-order valence-electron chi connectivity index (χ2n) is 13.2. The Kier molecular flexibility index (Phi) is 5.92. The molecule has 0 saturated carbocycles. The van der Waals surface area contributed by atoms with Gasteiger partial charge in [-0.15, -0.1) is 0 Å². The average molecular weight is 649 g/mol. The summed E-state index contributed by atoms with van der Waals surface area (Å²) in [6.45, 7) is 0. The number of benzene rings is 8. The van der Waals surface area contributed by atoms with Crippen LogP contribution in [0.15, 0.2) is 170 Å². The van der Waals surface area contributed by atoms with Crippen LogP contribution in [-0.4, -0.2) is 19.5 Å². The molecule has 0 amide bonds. The summed E-state index contributed by atoms with van der Waals surface area (Å²) in [5.41, 5.74) is 11.4. The Morgan fingerprint density at radius 1 is 0.333 bits per heavy atom. The van der Waals surface area contributed by atoms with E-state index in [1.165, 1.54) is 54.8 Å². The zero-order chi connectivity index (χ0) is 33.5. The minimum absolute atomic E-state index is 0.658. The van der Waals surface area contributed by atoms with Crippen LogP contribution in [0.4, 0.5) is 0 Å². The summed E-state index contributed by atoms with van der Waals surface area (Å²) in [6, 6.07) is 60.3. The van der Waals surface area contributed by atoms with Gasteiger partial charge in [0.05, 0.1) is 11.0 Å². The molecule has 4 nitrogen and oxygen atoms in total. The van der Waals surface area contributed by atoms with E-state index in [0.29, 0.717) is 17.5 Å². The van der Waals surface area contributed by atoms with Crippen molar-refractivity contribution in [2.45, 2.75) is 0 Å². The standard InChI is InChI=1S/C47H28N4/c1-2-12-30(13-3-1)45-48-46(32-22-21-29-11-4-5-14-31(29)27-32)50-47(49-45)40-26-25-39-34-24-23-33(28-41(34)38-18-10-17-37(40)44(38)39)51-42-19-8-6-15-35(42)36-16-7-9-20-43(36)51/h1-28H. The van der Waals surface area contributed by atoms with Gasteiger partial charge in [-0.1, -0.05) is 133 Å². The van der Waals surface area contributed by atoms with Crippen LogP contribution in [0.5, 0.6) is 0 Å². The molecule has 0 spiro atoms. The van der Waals surface area contributed by atoms with Gasteiger partial charge in [0.25, 0.3) is 0 Å². The molecule has 0 bridgehead atoms. The van der Waals surface area contributed by atoms with Crippen molar-refractivity contribution in [3.8, 4) is 62.1 Å². The number of rotatable bonds is 4. The van der Waals surface area contributed by atoms with Crippen LogP contribution in [0.3, 0.4) is 0 Å². The van der Waals surface area contributed by atoms with E-state index >= 15 is 0 Å². The van der Waals surface area contributed by atoms with Crippen molar-refractivity contribution in [2.75, 3.05) is 0 Å². The fraction of sp³-hybridized carbons (Fsp3) is 0. The molecule has 11 rings (SSSR count). The van der Waals surface area contributed by atoms with Gasteiger partial charge < -0.3 is 4.57 Å². The van der Waals surface area contributed by atoms with Crippen LogP contribution in [0, 0.1) is 0 Å². The Hall–Kier alpha value is -6.91. The van der Waals surface area contributed by atoms with Crippen molar-refractivity contribution < 1.29 is 0 Å². The van der Waals surface area contributed by atoms with E-state index in [1.807, 2.05) is 18.2 Å². The van der Waals surface area contributed by atoms with Gasteiger partial charge in [-0.3, -0.25) is 0 Å². The van der Waals surface area contributed by atoms with Gasteiger partial charge in [0.15, 0.2) is 17.5 Å². The average Bonchev–Trinajstić information content (AvgIpc) is 3.71. The second kappa shape index (κ2) is 10.8. The third-order valence-corrected chi connectivity index (χ3v) is 10.4. The number of nitrogens with zero attached hydrogens (tertiary/aromatic N) is 4. The summed E-state index contributed by atoms with van der Waals surface area (Å²) in [5.74, 6) is 1.98. The van der Waals surface area contributed by atoms with Crippen molar-refractivity contribution in [3.63, 3.8) is 0 Å². The molecular weight excluding hydrogens is 621 g/mol. The summed E-state index contributed by atoms with van der Waals surface area (Å²) in [4.78, 5) is 15.3. The third-order valence-electron chi connectivity index (χ3n) is 10.4. The van der Waals surface area contributed by atoms with E-state index in [1.54, 1.807) is 0 Å². The number of para-hydroxylation sites is 2. The second-order valence-corrected chi connectivity index (χ2v) is 13.2. The van der Waals surface area contributed by atoms with E-state index in [-0.39, 0.29) is 0 Å². The molecule has 0 radical (unpaired) electrons. The molecule has 0 N–H and O–H groups in total. The Morgan fingerprint density at radius 3 is 1.75 bits per heavy atom. The quantitative estimate of drug-likeness (QED) is 0.191. The van der Waals surface area contributed by atoms with Gasteiger partial charge in [0.2, 0.25) is 0 Å². The van der Waals surface area contributed by atoms with Gasteiger partial charge in [-0.25, -0.2) is 15.0 Å². The van der Waals surface area contributed by atoms with Crippen LogP contribution in [0.25, 0.3) is 105 Å². The Morgan fingerprint density at radius 2 is 0.941 bits per heavy atom. The molecule has 0 fully saturated rings. The van der Waals surface area contributed by atoms with E-state index < -0.39 is 0 Å². The zero-order valence-corrected chi connectivity index (χ0v) is 27.5. The summed E-state index contributed by atoms with van der Waals surface area (Å²) < 4.78 is 2.39.